The number of pyridine rings is 2. The van der Waals surface area contributed by atoms with Crippen molar-refractivity contribution >= 4 is 55.3 Å². The lowest BCUT2D eigenvalue weighted by Crippen LogP contribution is -2.15. The summed E-state index contributed by atoms with van der Waals surface area (Å²) < 4.78 is 34.2. The predicted octanol–water partition coefficient (Wildman–Crippen LogP) is 5.73. The number of esters is 2. The van der Waals surface area contributed by atoms with Crippen LogP contribution in [0.1, 0.15) is 48.7 Å². The van der Waals surface area contributed by atoms with E-state index in [9.17, 15) is 18.0 Å². The highest BCUT2D eigenvalue weighted by Gasteiger charge is 2.24. The molecule has 0 amide bonds. The average Bonchev–Trinajstić information content (AvgIpc) is 2.92. The average molecular weight is 555 g/mol. The van der Waals surface area contributed by atoms with E-state index in [-0.39, 0.29) is 28.9 Å². The van der Waals surface area contributed by atoms with Crippen LogP contribution in [0.5, 0.6) is 0 Å². The number of ether oxygens (including phenoxy) is 2. The highest BCUT2D eigenvalue weighted by molar-refractivity contribution is 7.99. The number of rotatable bonds is 8. The number of nitrogens with zero attached hydrogens (tertiary/aromatic N) is 2. The molecule has 0 N–H and O–H groups in total. The van der Waals surface area contributed by atoms with E-state index in [4.69, 9.17) is 9.47 Å². The van der Waals surface area contributed by atoms with Crippen LogP contribution in [-0.4, -0.2) is 55.0 Å². The Balaban J connectivity index is 0.000000212. The van der Waals surface area contributed by atoms with Gasteiger partial charge in [0.1, 0.15) is 4.90 Å². The number of fused-ring (bicyclic) bond motifs is 2. The van der Waals surface area contributed by atoms with E-state index in [1.165, 1.54) is 13.0 Å². The summed E-state index contributed by atoms with van der Waals surface area (Å²) in [6.07, 6.45) is 0. The number of hydrogen-bond donors (Lipinski definition) is 0. The number of carbonyl (C=O) groups is 2. The second kappa shape index (κ2) is 13.3. The fourth-order valence-corrected chi connectivity index (χ4v) is 5.37. The molecule has 38 heavy (non-hydrogen) atoms. The van der Waals surface area contributed by atoms with Gasteiger partial charge in [0.2, 0.25) is 0 Å². The summed E-state index contributed by atoms with van der Waals surface area (Å²) in [5, 5.41) is 1.72. The van der Waals surface area contributed by atoms with Gasteiger partial charge in [-0.1, -0.05) is 50.2 Å². The first kappa shape index (κ1) is 29.1. The zero-order valence-corrected chi connectivity index (χ0v) is 23.4. The first-order valence-corrected chi connectivity index (χ1v) is 14.9. The van der Waals surface area contributed by atoms with Gasteiger partial charge in [0.25, 0.3) is 0 Å². The molecule has 4 rings (SSSR count). The van der Waals surface area contributed by atoms with Crippen LogP contribution >= 0.6 is 11.8 Å². The van der Waals surface area contributed by atoms with Crippen molar-refractivity contribution in [1.29, 1.82) is 0 Å². The molecule has 0 atom stereocenters. The molecule has 4 aromatic rings. The topological polar surface area (TPSA) is 113 Å². The van der Waals surface area contributed by atoms with Crippen molar-refractivity contribution in [3.8, 4) is 0 Å². The molecule has 10 heteroatoms. The molecule has 2 aromatic heterocycles. The zero-order chi connectivity index (χ0) is 27.7. The largest absolute Gasteiger partial charge is 0.461 e. The first-order chi connectivity index (χ1) is 18.2. The van der Waals surface area contributed by atoms with Gasteiger partial charge in [0, 0.05) is 15.7 Å². The molecule has 0 unspecified atom stereocenters. The Hall–Kier alpha value is -3.50. The minimum atomic E-state index is -3.55. The van der Waals surface area contributed by atoms with Crippen molar-refractivity contribution < 1.29 is 27.5 Å². The number of sulfone groups is 1. The third-order valence-electron chi connectivity index (χ3n) is 5.33. The summed E-state index contributed by atoms with van der Waals surface area (Å²) in [5.41, 5.74) is 1.65. The van der Waals surface area contributed by atoms with Crippen LogP contribution in [0.15, 0.2) is 70.5 Å². The van der Waals surface area contributed by atoms with Crippen molar-refractivity contribution in [1.82, 2.24) is 9.97 Å². The van der Waals surface area contributed by atoms with E-state index < -0.39 is 15.8 Å². The molecule has 8 nitrogen and oxygen atoms in total. The minimum absolute atomic E-state index is 0.0721. The van der Waals surface area contributed by atoms with Gasteiger partial charge in [-0.2, -0.15) is 0 Å². The van der Waals surface area contributed by atoms with Crippen LogP contribution < -0.4 is 0 Å². The lowest BCUT2D eigenvalue weighted by Gasteiger charge is -2.09. The number of hydrogen-bond acceptors (Lipinski definition) is 9. The van der Waals surface area contributed by atoms with Gasteiger partial charge in [-0.15, -0.1) is 11.8 Å². The summed E-state index contributed by atoms with van der Waals surface area (Å²) >= 11 is 1.61. The lowest BCUT2D eigenvalue weighted by molar-refractivity contribution is 0.0506. The fourth-order valence-electron chi connectivity index (χ4n) is 3.54. The molecule has 0 spiro atoms. The van der Waals surface area contributed by atoms with Crippen molar-refractivity contribution in [2.75, 3.05) is 24.7 Å². The normalized spacial score (nSPS) is 11.1. The fraction of sp³-hybridized carbons (Fsp3) is 0.286. The minimum Gasteiger partial charge on any atom is -0.461 e. The van der Waals surface area contributed by atoms with E-state index in [0.717, 1.165) is 21.6 Å². The van der Waals surface area contributed by atoms with Gasteiger partial charge in [0.15, 0.2) is 21.2 Å². The third kappa shape index (κ3) is 6.87. The number of para-hydroxylation sites is 2. The molecular formula is C28H30N2O6S2. The van der Waals surface area contributed by atoms with E-state index >= 15 is 0 Å². The molecule has 200 valence electrons. The maximum absolute atomic E-state index is 12.1. The number of benzene rings is 2. The van der Waals surface area contributed by atoms with Gasteiger partial charge in [0.05, 0.1) is 30.0 Å². The zero-order valence-electron chi connectivity index (χ0n) is 21.8. The van der Waals surface area contributed by atoms with Gasteiger partial charge in [-0.3, -0.25) is 0 Å². The maximum atomic E-state index is 12.1. The first-order valence-electron chi connectivity index (χ1n) is 12.2. The highest BCUT2D eigenvalue weighted by Crippen LogP contribution is 2.26. The molecule has 0 aliphatic rings. The highest BCUT2D eigenvalue weighted by atomic mass is 32.2. The van der Waals surface area contributed by atoms with Crippen LogP contribution in [0, 0.1) is 0 Å². The smallest absolute Gasteiger partial charge is 0.358 e. The summed E-state index contributed by atoms with van der Waals surface area (Å²) in [7, 11) is -3.55. The molecule has 0 aliphatic carbocycles. The Labute approximate surface area is 226 Å². The van der Waals surface area contributed by atoms with Crippen LogP contribution in [0.4, 0.5) is 0 Å². The Kier molecular flexibility index (Phi) is 10.2. The van der Waals surface area contributed by atoms with Crippen molar-refractivity contribution in [2.45, 2.75) is 37.5 Å². The van der Waals surface area contributed by atoms with Crippen molar-refractivity contribution in [3.63, 3.8) is 0 Å². The quantitative estimate of drug-likeness (QED) is 0.199. The Bertz CT molecular complexity index is 1550. The Morgan fingerprint density at radius 3 is 1.79 bits per heavy atom. The second-order valence-electron chi connectivity index (χ2n) is 7.83. The Morgan fingerprint density at radius 2 is 1.26 bits per heavy atom. The molecule has 0 radical (unpaired) electrons. The van der Waals surface area contributed by atoms with Crippen molar-refractivity contribution in [2.24, 2.45) is 0 Å². The third-order valence-corrected chi connectivity index (χ3v) is 7.98. The van der Waals surface area contributed by atoms with Gasteiger partial charge >= 0.3 is 11.9 Å². The molecule has 0 saturated carbocycles. The van der Waals surface area contributed by atoms with E-state index in [0.29, 0.717) is 23.2 Å². The molecule has 0 aliphatic heterocycles. The molecule has 0 bridgehead atoms. The van der Waals surface area contributed by atoms with Crippen LogP contribution in [0.2, 0.25) is 0 Å². The summed E-state index contributed by atoms with van der Waals surface area (Å²) in [6.45, 7) is 7.56. The summed E-state index contributed by atoms with van der Waals surface area (Å²) in [5.74, 6) is -0.268. The van der Waals surface area contributed by atoms with Gasteiger partial charge in [-0.05, 0) is 43.9 Å². The molecule has 0 fully saturated rings. The number of thioether (sulfide) groups is 1. The van der Waals surface area contributed by atoms with Crippen LogP contribution in [0.25, 0.3) is 21.8 Å². The van der Waals surface area contributed by atoms with E-state index in [2.05, 4.69) is 16.9 Å². The summed E-state index contributed by atoms with van der Waals surface area (Å²) in [4.78, 5) is 33.2. The van der Waals surface area contributed by atoms with E-state index in [1.807, 2.05) is 30.3 Å². The molecule has 2 heterocycles. The molecule has 2 aromatic carbocycles. The Morgan fingerprint density at radius 1 is 0.763 bits per heavy atom. The maximum Gasteiger partial charge on any atom is 0.358 e. The lowest BCUT2D eigenvalue weighted by atomic mass is 10.2. The summed E-state index contributed by atoms with van der Waals surface area (Å²) in [6, 6.07) is 18.3. The SMILES string of the molecule is CCOC(=O)c1nc2ccccc2cc1S(=O)(=O)CC.CCOC(=O)c1nc2ccccc2cc1SCC. The standard InChI is InChI=1S/C14H15NO4S.C14H15NO2S/c1-3-19-14(16)13-12(20(17,18)4-2)9-10-7-5-6-8-11(10)15-13;1-3-17-14(16)13-12(18-4-2)9-10-7-5-6-8-11(10)15-13/h5-9H,3-4H2,1-2H3;5-9H,3-4H2,1-2H3. The predicted molar refractivity (Wildman–Crippen MR) is 150 cm³/mol. The second-order valence-corrected chi connectivity index (χ2v) is 11.4. The van der Waals surface area contributed by atoms with Gasteiger partial charge in [-0.25, -0.2) is 28.0 Å². The molecule has 0 saturated heterocycles. The van der Waals surface area contributed by atoms with Crippen LogP contribution in [0.3, 0.4) is 0 Å². The number of carbonyl (C=O) groups excluding carboxylic acids is 2. The van der Waals surface area contributed by atoms with Gasteiger partial charge < -0.3 is 9.47 Å². The monoisotopic (exact) mass is 554 g/mol. The van der Waals surface area contributed by atoms with Crippen LogP contribution in [-0.2, 0) is 19.3 Å². The van der Waals surface area contributed by atoms with E-state index in [1.54, 1.807) is 49.9 Å². The van der Waals surface area contributed by atoms with Crippen molar-refractivity contribution in [3.05, 3.63) is 72.1 Å². The number of aromatic nitrogens is 2. The molecular weight excluding hydrogens is 524 g/mol.